The fourth-order valence-corrected chi connectivity index (χ4v) is 2.81. The van der Waals surface area contributed by atoms with Crippen LogP contribution in [0.15, 0.2) is 18.3 Å². The van der Waals surface area contributed by atoms with Crippen molar-refractivity contribution in [3.8, 4) is 0 Å². The third kappa shape index (κ3) is 3.60. The second kappa shape index (κ2) is 6.24. The Kier molecular flexibility index (Phi) is 4.64. The maximum atomic E-state index is 11.3. The molecule has 0 radical (unpaired) electrons. The summed E-state index contributed by atoms with van der Waals surface area (Å²) in [6, 6.07) is 4.00. The third-order valence-electron chi connectivity index (χ3n) is 3.52. The predicted molar refractivity (Wildman–Crippen MR) is 77.5 cm³/mol. The highest BCUT2D eigenvalue weighted by Crippen LogP contribution is 2.26. The van der Waals surface area contributed by atoms with E-state index < -0.39 is 0 Å². The van der Waals surface area contributed by atoms with Crippen LogP contribution in [0.2, 0.25) is 5.02 Å². The molecule has 1 fully saturated rings. The summed E-state index contributed by atoms with van der Waals surface area (Å²) >= 11 is 5.86. The number of nitrogens with one attached hydrogen (secondary N) is 1. The van der Waals surface area contributed by atoms with Gasteiger partial charge in [0.05, 0.1) is 11.1 Å². The number of amides is 1. The van der Waals surface area contributed by atoms with E-state index in [9.17, 15) is 4.79 Å². The number of halogens is 1. The van der Waals surface area contributed by atoms with E-state index in [1.54, 1.807) is 13.1 Å². The number of aromatic nitrogens is 1. The Balaban J connectivity index is 2.08. The quantitative estimate of drug-likeness (QED) is 0.922. The Morgan fingerprint density at radius 3 is 2.89 bits per heavy atom. The first-order valence-electron chi connectivity index (χ1n) is 6.73. The summed E-state index contributed by atoms with van der Waals surface area (Å²) in [6.45, 7) is 5.51. The van der Waals surface area contributed by atoms with Crippen LogP contribution in [0.1, 0.15) is 26.7 Å². The number of hydrogen-bond acceptors (Lipinski definition) is 3. The van der Waals surface area contributed by atoms with E-state index in [1.165, 1.54) is 0 Å². The molecule has 2 rings (SSSR count). The zero-order valence-electron chi connectivity index (χ0n) is 11.4. The number of nitrogens with zero attached hydrogens (tertiary/aromatic N) is 2. The van der Waals surface area contributed by atoms with Gasteiger partial charge in [-0.25, -0.2) is 4.98 Å². The van der Waals surface area contributed by atoms with Gasteiger partial charge in [-0.3, -0.25) is 4.79 Å². The van der Waals surface area contributed by atoms with Crippen molar-refractivity contribution in [2.24, 2.45) is 5.92 Å². The number of rotatable bonds is 4. The highest BCUT2D eigenvalue weighted by molar-refractivity contribution is 6.30. The Bertz CT molecular complexity index is 435. The second-order valence-electron chi connectivity index (χ2n) is 5.10. The van der Waals surface area contributed by atoms with E-state index in [0.717, 1.165) is 31.7 Å². The van der Waals surface area contributed by atoms with Gasteiger partial charge in [0.2, 0.25) is 5.91 Å². The molecule has 0 bridgehead atoms. The van der Waals surface area contributed by atoms with Crippen molar-refractivity contribution in [3.05, 3.63) is 23.4 Å². The molecule has 5 heteroatoms. The predicted octanol–water partition coefficient (Wildman–Crippen LogP) is 2.48. The topological polar surface area (TPSA) is 45.2 Å². The third-order valence-corrected chi connectivity index (χ3v) is 3.75. The fraction of sp³-hybridized carbons (Fsp3) is 0.571. The van der Waals surface area contributed by atoms with Crippen molar-refractivity contribution < 1.29 is 4.79 Å². The molecule has 4 nitrogen and oxygen atoms in total. The molecule has 1 aromatic heterocycles. The minimum absolute atomic E-state index is 0.0389. The SMILES string of the molecule is CCC[C@@H]1CN(c2ccc(Cl)cn2)C[C@H]1NC(C)=O. The molecule has 1 amide bonds. The molecule has 19 heavy (non-hydrogen) atoms. The molecule has 1 aromatic rings. The molecule has 1 aliphatic heterocycles. The lowest BCUT2D eigenvalue weighted by atomic mass is 9.98. The van der Waals surface area contributed by atoms with E-state index in [4.69, 9.17) is 11.6 Å². The standard InChI is InChI=1S/C14H20ClN3O/c1-3-4-11-8-18(9-13(11)17-10(2)19)14-6-5-12(15)7-16-14/h5-7,11,13H,3-4,8-9H2,1-2H3,(H,17,19)/t11-,13-/m1/s1. The smallest absolute Gasteiger partial charge is 0.217 e. The summed E-state index contributed by atoms with van der Waals surface area (Å²) in [5.41, 5.74) is 0. The summed E-state index contributed by atoms with van der Waals surface area (Å²) in [5.74, 6) is 1.46. The fourth-order valence-electron chi connectivity index (χ4n) is 2.70. The molecular formula is C14H20ClN3O. The molecule has 0 saturated carbocycles. The number of carbonyl (C=O) groups excluding carboxylic acids is 1. The van der Waals surface area contributed by atoms with Gasteiger partial charge in [-0.1, -0.05) is 24.9 Å². The largest absolute Gasteiger partial charge is 0.354 e. The van der Waals surface area contributed by atoms with E-state index in [0.29, 0.717) is 10.9 Å². The lowest BCUT2D eigenvalue weighted by Crippen LogP contribution is -2.39. The van der Waals surface area contributed by atoms with Crippen LogP contribution in [0, 0.1) is 5.92 Å². The number of pyridine rings is 1. The summed E-state index contributed by atoms with van der Waals surface area (Å²) in [7, 11) is 0. The lowest BCUT2D eigenvalue weighted by Gasteiger charge is -2.17. The summed E-state index contributed by atoms with van der Waals surface area (Å²) in [5, 5.41) is 3.70. The van der Waals surface area contributed by atoms with Crippen molar-refractivity contribution >= 4 is 23.3 Å². The van der Waals surface area contributed by atoms with Crippen LogP contribution in [0.25, 0.3) is 0 Å². The van der Waals surface area contributed by atoms with Crippen molar-refractivity contribution in [1.29, 1.82) is 0 Å². The summed E-state index contributed by atoms with van der Waals surface area (Å²) in [6.07, 6.45) is 3.91. The molecule has 1 saturated heterocycles. The van der Waals surface area contributed by atoms with Crippen LogP contribution in [0.4, 0.5) is 5.82 Å². The van der Waals surface area contributed by atoms with Crippen LogP contribution >= 0.6 is 11.6 Å². The highest BCUT2D eigenvalue weighted by atomic mass is 35.5. The van der Waals surface area contributed by atoms with Crippen LogP contribution in [-0.4, -0.2) is 30.0 Å². The number of anilines is 1. The van der Waals surface area contributed by atoms with E-state index in [1.807, 2.05) is 12.1 Å². The Morgan fingerprint density at radius 1 is 1.53 bits per heavy atom. The summed E-state index contributed by atoms with van der Waals surface area (Å²) in [4.78, 5) is 17.8. The maximum absolute atomic E-state index is 11.3. The molecule has 0 spiro atoms. The van der Waals surface area contributed by atoms with Gasteiger partial charge in [0.1, 0.15) is 5.82 Å². The zero-order chi connectivity index (χ0) is 13.8. The lowest BCUT2D eigenvalue weighted by molar-refractivity contribution is -0.119. The van der Waals surface area contributed by atoms with Crippen LogP contribution in [0.5, 0.6) is 0 Å². The van der Waals surface area contributed by atoms with Gasteiger partial charge in [0.25, 0.3) is 0 Å². The second-order valence-corrected chi connectivity index (χ2v) is 5.53. The maximum Gasteiger partial charge on any atom is 0.217 e. The molecule has 0 aliphatic carbocycles. The molecule has 1 N–H and O–H groups in total. The van der Waals surface area contributed by atoms with Crippen LogP contribution < -0.4 is 10.2 Å². The zero-order valence-corrected chi connectivity index (χ0v) is 12.2. The average molecular weight is 282 g/mol. The van der Waals surface area contributed by atoms with Gasteiger partial charge >= 0.3 is 0 Å². The molecule has 2 heterocycles. The first-order valence-corrected chi connectivity index (χ1v) is 7.11. The van der Waals surface area contributed by atoms with Crippen molar-refractivity contribution in [1.82, 2.24) is 10.3 Å². The van der Waals surface area contributed by atoms with E-state index >= 15 is 0 Å². The van der Waals surface area contributed by atoms with Gasteiger partial charge in [0.15, 0.2) is 0 Å². The molecule has 104 valence electrons. The van der Waals surface area contributed by atoms with Gasteiger partial charge < -0.3 is 10.2 Å². The van der Waals surface area contributed by atoms with Gasteiger partial charge in [-0.2, -0.15) is 0 Å². The first-order chi connectivity index (χ1) is 9.10. The molecule has 0 unspecified atom stereocenters. The molecule has 1 aliphatic rings. The first kappa shape index (κ1) is 14.1. The van der Waals surface area contributed by atoms with Crippen molar-refractivity contribution in [3.63, 3.8) is 0 Å². The molecule has 2 atom stereocenters. The van der Waals surface area contributed by atoms with Gasteiger partial charge in [-0.05, 0) is 24.5 Å². The van der Waals surface area contributed by atoms with E-state index in [-0.39, 0.29) is 11.9 Å². The average Bonchev–Trinajstić information content (AvgIpc) is 2.73. The Morgan fingerprint density at radius 2 is 2.32 bits per heavy atom. The highest BCUT2D eigenvalue weighted by Gasteiger charge is 2.33. The van der Waals surface area contributed by atoms with Crippen LogP contribution in [0.3, 0.4) is 0 Å². The van der Waals surface area contributed by atoms with E-state index in [2.05, 4.69) is 22.1 Å². The van der Waals surface area contributed by atoms with Crippen LogP contribution in [-0.2, 0) is 4.79 Å². The van der Waals surface area contributed by atoms with Gasteiger partial charge in [-0.15, -0.1) is 0 Å². The monoisotopic (exact) mass is 281 g/mol. The normalized spacial score (nSPS) is 22.6. The minimum atomic E-state index is 0.0389. The Labute approximate surface area is 119 Å². The summed E-state index contributed by atoms with van der Waals surface area (Å²) < 4.78 is 0. The van der Waals surface area contributed by atoms with Gasteiger partial charge in [0, 0.05) is 26.2 Å². The Hall–Kier alpha value is -1.29. The van der Waals surface area contributed by atoms with Crippen molar-refractivity contribution in [2.75, 3.05) is 18.0 Å². The molecular weight excluding hydrogens is 262 g/mol. The molecule has 0 aromatic carbocycles. The number of carbonyl (C=O) groups is 1. The minimum Gasteiger partial charge on any atom is -0.354 e. The number of hydrogen-bond donors (Lipinski definition) is 1. The van der Waals surface area contributed by atoms with Crippen molar-refractivity contribution in [2.45, 2.75) is 32.7 Å².